The first-order chi connectivity index (χ1) is 9.28. The molecular weight excluding hydrogens is 238 g/mol. The Labute approximate surface area is 113 Å². The van der Waals surface area contributed by atoms with Crippen LogP contribution in [0.2, 0.25) is 0 Å². The van der Waals surface area contributed by atoms with Crippen LogP contribution in [0.4, 0.5) is 5.69 Å². The van der Waals surface area contributed by atoms with Gasteiger partial charge in [0.15, 0.2) is 0 Å². The van der Waals surface area contributed by atoms with Crippen molar-refractivity contribution in [2.24, 2.45) is 0 Å². The van der Waals surface area contributed by atoms with Gasteiger partial charge in [0.1, 0.15) is 11.5 Å². The smallest absolute Gasteiger partial charge is 0.142 e. The van der Waals surface area contributed by atoms with E-state index in [1.165, 1.54) is 11.1 Å². The molecule has 3 nitrogen and oxygen atoms in total. The maximum absolute atomic E-state index is 5.93. The molecule has 0 spiro atoms. The zero-order valence-corrected chi connectivity index (χ0v) is 10.9. The minimum absolute atomic E-state index is 0.484. The molecular formula is C16H17NO2. The van der Waals surface area contributed by atoms with Gasteiger partial charge in [-0.1, -0.05) is 24.3 Å². The lowest BCUT2D eigenvalue weighted by Crippen LogP contribution is -2.23. The Morgan fingerprint density at radius 1 is 1.21 bits per heavy atom. The highest BCUT2D eigenvalue weighted by molar-refractivity contribution is 5.56. The second kappa shape index (κ2) is 4.84. The molecule has 0 amide bonds. The van der Waals surface area contributed by atoms with Gasteiger partial charge in [-0.15, -0.1) is 0 Å². The van der Waals surface area contributed by atoms with Gasteiger partial charge < -0.3 is 15.2 Å². The molecule has 19 heavy (non-hydrogen) atoms. The number of hydrogen-bond donors (Lipinski definition) is 1. The summed E-state index contributed by atoms with van der Waals surface area (Å²) in [6, 6.07) is 14.0. The largest absolute Gasteiger partial charge is 0.497 e. The molecule has 2 N–H and O–H groups in total. The predicted octanol–water partition coefficient (Wildman–Crippen LogP) is 3.00. The fourth-order valence-electron chi connectivity index (χ4n) is 2.49. The minimum Gasteiger partial charge on any atom is -0.497 e. The van der Waals surface area contributed by atoms with Crippen molar-refractivity contribution in [2.75, 3.05) is 19.5 Å². The summed E-state index contributed by atoms with van der Waals surface area (Å²) in [6.07, 6.45) is 1.09. The van der Waals surface area contributed by atoms with E-state index < -0.39 is 0 Å². The van der Waals surface area contributed by atoms with Crippen LogP contribution in [-0.4, -0.2) is 13.7 Å². The van der Waals surface area contributed by atoms with E-state index >= 15 is 0 Å². The van der Waals surface area contributed by atoms with Crippen molar-refractivity contribution < 1.29 is 9.47 Å². The first kappa shape index (κ1) is 11.9. The Kier molecular flexibility index (Phi) is 3.03. The molecule has 2 aromatic carbocycles. The number of ether oxygens (including phenoxy) is 2. The monoisotopic (exact) mass is 255 g/mol. The van der Waals surface area contributed by atoms with Crippen molar-refractivity contribution in [3.63, 3.8) is 0 Å². The number of nitrogens with two attached hydrogens (primary N) is 1. The molecule has 98 valence electrons. The molecule has 1 unspecified atom stereocenters. The molecule has 1 aliphatic rings. The first-order valence-electron chi connectivity index (χ1n) is 6.42. The Bertz CT molecular complexity index is 595. The quantitative estimate of drug-likeness (QED) is 0.854. The summed E-state index contributed by atoms with van der Waals surface area (Å²) in [5.41, 5.74) is 9.38. The summed E-state index contributed by atoms with van der Waals surface area (Å²) < 4.78 is 10.9. The van der Waals surface area contributed by atoms with Crippen LogP contribution in [0.15, 0.2) is 42.5 Å². The van der Waals surface area contributed by atoms with Gasteiger partial charge in [-0.25, -0.2) is 0 Å². The summed E-state index contributed by atoms with van der Waals surface area (Å²) >= 11 is 0. The molecule has 1 atom stereocenters. The van der Waals surface area contributed by atoms with Gasteiger partial charge in [0.2, 0.25) is 0 Å². The fraction of sp³-hybridized carbons (Fsp3) is 0.250. The SMILES string of the molecule is COc1ccc(OCC2Cc3ccccc32)c(N)c1. The van der Waals surface area contributed by atoms with Gasteiger partial charge in [-0.05, 0) is 29.7 Å². The highest BCUT2D eigenvalue weighted by Crippen LogP contribution is 2.36. The van der Waals surface area contributed by atoms with Crippen LogP contribution < -0.4 is 15.2 Å². The summed E-state index contributed by atoms with van der Waals surface area (Å²) in [4.78, 5) is 0. The molecule has 3 rings (SSSR count). The molecule has 3 heteroatoms. The Balaban J connectivity index is 1.65. The van der Waals surface area contributed by atoms with Gasteiger partial charge in [-0.2, -0.15) is 0 Å². The fourth-order valence-corrected chi connectivity index (χ4v) is 2.49. The molecule has 0 bridgehead atoms. The van der Waals surface area contributed by atoms with E-state index in [0.717, 1.165) is 17.9 Å². The average molecular weight is 255 g/mol. The van der Waals surface area contributed by atoms with E-state index in [9.17, 15) is 0 Å². The lowest BCUT2D eigenvalue weighted by Gasteiger charge is -2.30. The van der Waals surface area contributed by atoms with Crippen LogP contribution >= 0.6 is 0 Å². The third kappa shape index (κ3) is 2.24. The van der Waals surface area contributed by atoms with E-state index in [1.54, 1.807) is 13.2 Å². The van der Waals surface area contributed by atoms with Gasteiger partial charge in [0.25, 0.3) is 0 Å². The Hall–Kier alpha value is -2.16. The Morgan fingerprint density at radius 2 is 2.05 bits per heavy atom. The molecule has 2 aromatic rings. The molecule has 1 aliphatic carbocycles. The lowest BCUT2D eigenvalue weighted by atomic mass is 9.78. The molecule has 0 saturated heterocycles. The average Bonchev–Trinajstić information content (AvgIpc) is 2.41. The number of rotatable bonds is 4. The van der Waals surface area contributed by atoms with Crippen LogP contribution in [0, 0.1) is 0 Å². The molecule has 0 saturated carbocycles. The minimum atomic E-state index is 0.484. The number of nitrogen functional groups attached to an aromatic ring is 1. The number of hydrogen-bond acceptors (Lipinski definition) is 3. The third-order valence-electron chi connectivity index (χ3n) is 3.62. The van der Waals surface area contributed by atoms with Gasteiger partial charge in [0, 0.05) is 12.0 Å². The molecule has 0 aliphatic heterocycles. The molecule has 0 fully saturated rings. The number of methoxy groups -OCH3 is 1. The van der Waals surface area contributed by atoms with Crippen molar-refractivity contribution in [1.82, 2.24) is 0 Å². The summed E-state index contributed by atoms with van der Waals surface area (Å²) in [7, 11) is 1.63. The van der Waals surface area contributed by atoms with Crippen molar-refractivity contribution >= 4 is 5.69 Å². The van der Waals surface area contributed by atoms with Crippen molar-refractivity contribution in [3.05, 3.63) is 53.6 Å². The predicted molar refractivity (Wildman–Crippen MR) is 75.8 cm³/mol. The van der Waals surface area contributed by atoms with Crippen LogP contribution in [0.5, 0.6) is 11.5 Å². The normalized spacial score (nSPS) is 16.4. The van der Waals surface area contributed by atoms with Crippen molar-refractivity contribution in [3.8, 4) is 11.5 Å². The zero-order valence-electron chi connectivity index (χ0n) is 10.9. The molecule has 0 radical (unpaired) electrons. The first-order valence-corrected chi connectivity index (χ1v) is 6.42. The topological polar surface area (TPSA) is 44.5 Å². The highest BCUT2D eigenvalue weighted by atomic mass is 16.5. The number of fused-ring (bicyclic) bond motifs is 1. The molecule has 0 aromatic heterocycles. The second-order valence-corrected chi connectivity index (χ2v) is 4.81. The van der Waals surface area contributed by atoms with E-state index in [0.29, 0.717) is 18.2 Å². The maximum atomic E-state index is 5.93. The highest BCUT2D eigenvalue weighted by Gasteiger charge is 2.25. The number of anilines is 1. The third-order valence-corrected chi connectivity index (χ3v) is 3.62. The van der Waals surface area contributed by atoms with Gasteiger partial charge in [-0.3, -0.25) is 0 Å². The van der Waals surface area contributed by atoms with Crippen molar-refractivity contribution in [1.29, 1.82) is 0 Å². The van der Waals surface area contributed by atoms with Crippen molar-refractivity contribution in [2.45, 2.75) is 12.3 Å². The van der Waals surface area contributed by atoms with E-state index in [-0.39, 0.29) is 0 Å². The van der Waals surface area contributed by atoms with E-state index in [4.69, 9.17) is 15.2 Å². The second-order valence-electron chi connectivity index (χ2n) is 4.81. The van der Waals surface area contributed by atoms with Crippen LogP contribution in [0.25, 0.3) is 0 Å². The van der Waals surface area contributed by atoms with E-state index in [1.807, 2.05) is 12.1 Å². The summed E-state index contributed by atoms with van der Waals surface area (Å²) in [6.45, 7) is 0.674. The van der Waals surface area contributed by atoms with Crippen LogP contribution in [0.1, 0.15) is 17.0 Å². The Morgan fingerprint density at radius 3 is 2.79 bits per heavy atom. The zero-order chi connectivity index (χ0) is 13.2. The van der Waals surface area contributed by atoms with Gasteiger partial charge in [0.05, 0.1) is 19.4 Å². The number of benzene rings is 2. The standard InChI is InChI=1S/C16H17NO2/c1-18-13-6-7-16(15(17)9-13)19-10-12-8-11-4-2-3-5-14(11)12/h2-7,9,12H,8,10,17H2,1H3. The lowest BCUT2D eigenvalue weighted by molar-refractivity contribution is 0.276. The van der Waals surface area contributed by atoms with Crippen LogP contribution in [-0.2, 0) is 6.42 Å². The van der Waals surface area contributed by atoms with Crippen LogP contribution in [0.3, 0.4) is 0 Å². The maximum Gasteiger partial charge on any atom is 0.142 e. The summed E-state index contributed by atoms with van der Waals surface area (Å²) in [5.74, 6) is 1.96. The summed E-state index contributed by atoms with van der Waals surface area (Å²) in [5, 5.41) is 0. The van der Waals surface area contributed by atoms with Gasteiger partial charge >= 0.3 is 0 Å². The van der Waals surface area contributed by atoms with E-state index in [2.05, 4.69) is 24.3 Å². The molecule has 0 heterocycles.